The Bertz CT molecular complexity index is 880. The molecule has 5 nitrogen and oxygen atoms in total. The third kappa shape index (κ3) is 5.39. The number of thiazole rings is 1. The Balaban J connectivity index is 1.58. The van der Waals surface area contributed by atoms with E-state index in [1.54, 1.807) is 30.6 Å². The van der Waals surface area contributed by atoms with E-state index < -0.39 is 0 Å². The van der Waals surface area contributed by atoms with Crippen LogP contribution in [0.4, 0.5) is 0 Å². The average Bonchev–Trinajstić information content (AvgIpc) is 3.13. The fourth-order valence-electron chi connectivity index (χ4n) is 2.65. The lowest BCUT2D eigenvalue weighted by Crippen LogP contribution is -2.29. The summed E-state index contributed by atoms with van der Waals surface area (Å²) in [6.07, 6.45) is -0.192. The quantitative estimate of drug-likeness (QED) is 0.636. The average molecular weight is 382 g/mol. The van der Waals surface area contributed by atoms with Crippen molar-refractivity contribution in [3.05, 3.63) is 81.8 Å². The van der Waals surface area contributed by atoms with Crippen LogP contribution < -0.4 is 10.1 Å². The number of methoxy groups -OCH3 is 1. The van der Waals surface area contributed by atoms with Gasteiger partial charge in [0.2, 0.25) is 0 Å². The second-order valence-corrected chi connectivity index (χ2v) is 7.08. The normalized spacial score (nSPS) is 11.8. The fourth-order valence-corrected chi connectivity index (χ4v) is 3.25. The molecule has 1 N–H and O–H groups in total. The molecule has 0 saturated heterocycles. The highest BCUT2D eigenvalue weighted by molar-refractivity contribution is 7.09. The Morgan fingerprint density at radius 1 is 1.19 bits per heavy atom. The lowest BCUT2D eigenvalue weighted by atomic mass is 10.1. The Morgan fingerprint density at radius 3 is 2.70 bits per heavy atom. The number of nitrogens with one attached hydrogen (secondary N) is 1. The van der Waals surface area contributed by atoms with Crippen molar-refractivity contribution < 1.29 is 14.3 Å². The first kappa shape index (κ1) is 19.1. The molecule has 2 aromatic carbocycles. The topological polar surface area (TPSA) is 60.5 Å². The van der Waals surface area contributed by atoms with Crippen molar-refractivity contribution in [2.24, 2.45) is 0 Å². The van der Waals surface area contributed by atoms with Crippen LogP contribution in [0.5, 0.6) is 5.75 Å². The number of aryl methyl sites for hydroxylation is 1. The van der Waals surface area contributed by atoms with Crippen LogP contribution in [0, 0.1) is 6.92 Å². The Hall–Kier alpha value is -2.70. The third-order valence-corrected chi connectivity index (χ3v) is 4.88. The van der Waals surface area contributed by atoms with E-state index in [0.29, 0.717) is 24.5 Å². The Morgan fingerprint density at radius 2 is 2.00 bits per heavy atom. The van der Waals surface area contributed by atoms with Crippen LogP contribution in [0.25, 0.3) is 0 Å². The van der Waals surface area contributed by atoms with E-state index in [1.807, 2.05) is 54.8 Å². The summed E-state index contributed by atoms with van der Waals surface area (Å²) in [7, 11) is 1.64. The van der Waals surface area contributed by atoms with Gasteiger partial charge < -0.3 is 14.8 Å². The molecule has 0 aliphatic rings. The van der Waals surface area contributed by atoms with Crippen molar-refractivity contribution in [1.29, 1.82) is 0 Å². The van der Waals surface area contributed by atoms with Crippen molar-refractivity contribution in [2.75, 3.05) is 13.7 Å². The predicted octanol–water partition coefficient (Wildman–Crippen LogP) is 4.15. The molecular formula is C21H22N2O3S. The maximum absolute atomic E-state index is 12.5. The lowest BCUT2D eigenvalue weighted by molar-refractivity contribution is 0.0827. The Kier molecular flexibility index (Phi) is 6.57. The first-order valence-electron chi connectivity index (χ1n) is 8.65. The molecule has 0 fully saturated rings. The molecule has 0 aliphatic heterocycles. The van der Waals surface area contributed by atoms with Gasteiger partial charge in [0.05, 0.1) is 16.8 Å². The molecule has 1 atom stereocenters. The molecule has 1 amide bonds. The summed E-state index contributed by atoms with van der Waals surface area (Å²) >= 11 is 1.59. The van der Waals surface area contributed by atoms with E-state index in [4.69, 9.17) is 9.47 Å². The smallest absolute Gasteiger partial charge is 0.251 e. The third-order valence-electron chi connectivity index (χ3n) is 4.05. The highest BCUT2D eigenvalue weighted by Gasteiger charge is 2.13. The van der Waals surface area contributed by atoms with Crippen LogP contribution in [0.1, 0.15) is 32.7 Å². The van der Waals surface area contributed by atoms with Crippen molar-refractivity contribution in [1.82, 2.24) is 10.3 Å². The van der Waals surface area contributed by atoms with Gasteiger partial charge in [-0.1, -0.05) is 36.4 Å². The van der Waals surface area contributed by atoms with Crippen LogP contribution in [-0.4, -0.2) is 24.5 Å². The van der Waals surface area contributed by atoms with Gasteiger partial charge in [0.25, 0.3) is 5.91 Å². The zero-order valence-corrected chi connectivity index (χ0v) is 16.2. The molecule has 0 spiro atoms. The maximum atomic E-state index is 12.5. The molecular weight excluding hydrogens is 360 g/mol. The predicted molar refractivity (Wildman–Crippen MR) is 106 cm³/mol. The number of carbonyl (C=O) groups is 1. The molecule has 6 heteroatoms. The number of benzene rings is 2. The molecule has 1 heterocycles. The van der Waals surface area contributed by atoms with E-state index in [9.17, 15) is 4.79 Å². The number of nitrogens with zero attached hydrogens (tertiary/aromatic N) is 1. The number of aromatic nitrogens is 1. The molecule has 140 valence electrons. The lowest BCUT2D eigenvalue weighted by Gasteiger charge is -2.16. The van der Waals surface area contributed by atoms with Crippen LogP contribution in [-0.2, 0) is 11.3 Å². The summed E-state index contributed by atoms with van der Waals surface area (Å²) in [5.74, 6) is 0.475. The number of amides is 1. The molecule has 1 aromatic heterocycles. The van der Waals surface area contributed by atoms with Gasteiger partial charge in [-0.15, -0.1) is 11.3 Å². The highest BCUT2D eigenvalue weighted by Crippen LogP contribution is 2.18. The molecule has 1 unspecified atom stereocenters. The monoisotopic (exact) mass is 382 g/mol. The number of carbonyl (C=O) groups excluding carboxylic acids is 1. The first-order valence-corrected chi connectivity index (χ1v) is 9.53. The van der Waals surface area contributed by atoms with E-state index in [-0.39, 0.29) is 12.0 Å². The van der Waals surface area contributed by atoms with Gasteiger partial charge in [-0.25, -0.2) is 4.98 Å². The molecule has 0 saturated carbocycles. The van der Waals surface area contributed by atoms with E-state index >= 15 is 0 Å². The largest absolute Gasteiger partial charge is 0.487 e. The van der Waals surface area contributed by atoms with Gasteiger partial charge in [-0.2, -0.15) is 0 Å². The van der Waals surface area contributed by atoms with E-state index in [2.05, 4.69) is 10.3 Å². The molecule has 0 bridgehead atoms. The number of hydrogen-bond donors (Lipinski definition) is 1. The van der Waals surface area contributed by atoms with Crippen molar-refractivity contribution in [3.63, 3.8) is 0 Å². The van der Waals surface area contributed by atoms with Gasteiger partial charge in [0.1, 0.15) is 12.4 Å². The van der Waals surface area contributed by atoms with Crippen LogP contribution in [0.15, 0.2) is 60.0 Å². The molecule has 0 aliphatic carbocycles. The molecule has 3 aromatic rings. The minimum absolute atomic E-state index is 0.164. The molecule has 27 heavy (non-hydrogen) atoms. The zero-order valence-electron chi connectivity index (χ0n) is 15.3. The van der Waals surface area contributed by atoms with Crippen LogP contribution in [0.2, 0.25) is 0 Å². The summed E-state index contributed by atoms with van der Waals surface area (Å²) in [5, 5.41) is 5.90. The van der Waals surface area contributed by atoms with Crippen molar-refractivity contribution in [2.45, 2.75) is 19.6 Å². The first-order chi connectivity index (χ1) is 13.2. The van der Waals surface area contributed by atoms with Crippen molar-refractivity contribution in [3.8, 4) is 5.75 Å². The van der Waals surface area contributed by atoms with E-state index in [1.165, 1.54) is 0 Å². The van der Waals surface area contributed by atoms with Gasteiger partial charge in [0.15, 0.2) is 0 Å². The molecule has 0 radical (unpaired) electrons. The summed E-state index contributed by atoms with van der Waals surface area (Å²) in [6, 6.07) is 17.0. The number of ether oxygens (including phenoxy) is 2. The fraction of sp³-hybridized carbons (Fsp3) is 0.238. The van der Waals surface area contributed by atoms with Gasteiger partial charge in [-0.3, -0.25) is 4.79 Å². The zero-order chi connectivity index (χ0) is 19.1. The maximum Gasteiger partial charge on any atom is 0.251 e. The second-order valence-electron chi connectivity index (χ2n) is 6.02. The van der Waals surface area contributed by atoms with Gasteiger partial charge >= 0.3 is 0 Å². The highest BCUT2D eigenvalue weighted by atomic mass is 32.1. The van der Waals surface area contributed by atoms with Crippen molar-refractivity contribution >= 4 is 17.2 Å². The summed E-state index contributed by atoms with van der Waals surface area (Å²) in [6.45, 7) is 2.74. The van der Waals surface area contributed by atoms with Gasteiger partial charge in [0, 0.05) is 24.6 Å². The minimum Gasteiger partial charge on any atom is -0.487 e. The van der Waals surface area contributed by atoms with Crippen LogP contribution in [0.3, 0.4) is 0 Å². The number of rotatable bonds is 8. The minimum atomic E-state index is -0.192. The molecule has 3 rings (SSSR count). The second kappa shape index (κ2) is 9.30. The Labute approximate surface area is 163 Å². The SMILES string of the molecule is COC(CNC(=O)c1cccc(OCc2csc(C)n2)c1)c1ccccc1. The van der Waals surface area contributed by atoms with Crippen LogP contribution >= 0.6 is 11.3 Å². The van der Waals surface area contributed by atoms with E-state index in [0.717, 1.165) is 16.3 Å². The summed E-state index contributed by atoms with van der Waals surface area (Å²) < 4.78 is 11.2. The standard InChI is InChI=1S/C21H22N2O3S/c1-15-23-18(14-27-15)13-26-19-10-6-9-17(11-19)21(24)22-12-20(25-2)16-7-4-3-5-8-16/h3-11,14,20H,12-13H2,1-2H3,(H,22,24). The van der Waals surface area contributed by atoms with Gasteiger partial charge in [-0.05, 0) is 30.7 Å². The number of hydrogen-bond acceptors (Lipinski definition) is 5. The summed E-state index contributed by atoms with van der Waals surface area (Å²) in [4.78, 5) is 16.9. The summed E-state index contributed by atoms with van der Waals surface area (Å²) in [5.41, 5.74) is 2.46.